The van der Waals surface area contributed by atoms with E-state index in [4.69, 9.17) is 9.73 Å². The molecule has 1 aliphatic heterocycles. The first kappa shape index (κ1) is 15.6. The number of nitrogens with zero attached hydrogens (tertiary/aromatic N) is 3. The number of benzene rings is 2. The van der Waals surface area contributed by atoms with Crippen LogP contribution in [0.2, 0.25) is 0 Å². The molecule has 1 aliphatic rings. The molecule has 0 aliphatic carbocycles. The van der Waals surface area contributed by atoms with Crippen LogP contribution in [0.25, 0.3) is 5.69 Å². The van der Waals surface area contributed by atoms with Gasteiger partial charge in [0.2, 0.25) is 12.2 Å². The van der Waals surface area contributed by atoms with Crippen molar-refractivity contribution >= 4 is 5.90 Å². The van der Waals surface area contributed by atoms with Crippen molar-refractivity contribution in [1.82, 2.24) is 4.57 Å². The van der Waals surface area contributed by atoms with Gasteiger partial charge in [-0.3, -0.25) is 0 Å². The van der Waals surface area contributed by atoms with E-state index < -0.39 is 0 Å². The maximum Gasteiger partial charge on any atom is 0.249 e. The number of hydrogen-bond acceptors (Lipinski definition) is 2. The van der Waals surface area contributed by atoms with Crippen LogP contribution in [0, 0.1) is 0 Å². The van der Waals surface area contributed by atoms with E-state index in [1.807, 2.05) is 24.3 Å². The molecule has 25 heavy (non-hydrogen) atoms. The number of imidazole rings is 1. The van der Waals surface area contributed by atoms with Gasteiger partial charge in [0, 0.05) is 5.56 Å². The SMILES string of the molecule is CC(C)[n+]1ccn(-c2cccc(C3=NC(c4ccccc4)CO3)c2)c1. The first-order valence-electron chi connectivity index (χ1n) is 8.66. The second-order valence-corrected chi connectivity index (χ2v) is 6.58. The Morgan fingerprint density at radius 1 is 1.12 bits per heavy atom. The minimum Gasteiger partial charge on any atom is -0.475 e. The minimum atomic E-state index is 0.0783. The first-order chi connectivity index (χ1) is 12.2. The molecular weight excluding hydrogens is 310 g/mol. The molecule has 0 amide bonds. The van der Waals surface area contributed by atoms with E-state index in [2.05, 4.69) is 72.0 Å². The predicted octanol–water partition coefficient (Wildman–Crippen LogP) is 3.86. The van der Waals surface area contributed by atoms with Gasteiger partial charge in [-0.25, -0.2) is 14.1 Å². The zero-order valence-corrected chi connectivity index (χ0v) is 14.5. The van der Waals surface area contributed by atoms with Gasteiger partial charge in [-0.1, -0.05) is 36.4 Å². The summed E-state index contributed by atoms with van der Waals surface area (Å²) in [5, 5.41) is 0. The molecule has 0 bridgehead atoms. The summed E-state index contributed by atoms with van der Waals surface area (Å²) in [6, 6.07) is 19.1. The number of aliphatic imine (C=N–C) groups is 1. The van der Waals surface area contributed by atoms with Crippen LogP contribution in [-0.4, -0.2) is 17.1 Å². The molecule has 0 N–H and O–H groups in total. The molecule has 2 heterocycles. The third kappa shape index (κ3) is 3.20. The van der Waals surface area contributed by atoms with Gasteiger partial charge < -0.3 is 4.74 Å². The summed E-state index contributed by atoms with van der Waals surface area (Å²) in [4.78, 5) is 4.78. The average Bonchev–Trinajstić information content (AvgIpc) is 3.33. The van der Waals surface area contributed by atoms with Gasteiger partial charge in [0.25, 0.3) is 0 Å². The lowest BCUT2D eigenvalue weighted by Gasteiger charge is -2.03. The van der Waals surface area contributed by atoms with E-state index in [0.29, 0.717) is 12.6 Å². The zero-order chi connectivity index (χ0) is 17.2. The molecule has 3 aromatic rings. The highest BCUT2D eigenvalue weighted by molar-refractivity contribution is 5.95. The van der Waals surface area contributed by atoms with Crippen LogP contribution in [0.1, 0.15) is 37.1 Å². The standard InChI is InChI=1S/C21H22N3O/c1-16(2)23-11-12-24(15-23)19-10-6-9-18(13-19)21-22-20(14-25-21)17-7-4-3-5-8-17/h3-13,15-16,20H,14H2,1-2H3/q+1. The van der Waals surface area contributed by atoms with Gasteiger partial charge in [0.05, 0.1) is 6.04 Å². The van der Waals surface area contributed by atoms with Crippen LogP contribution >= 0.6 is 0 Å². The van der Waals surface area contributed by atoms with Gasteiger partial charge in [0.1, 0.15) is 30.7 Å². The molecule has 126 valence electrons. The van der Waals surface area contributed by atoms with Crippen molar-refractivity contribution in [2.75, 3.05) is 6.61 Å². The van der Waals surface area contributed by atoms with Crippen molar-refractivity contribution in [2.24, 2.45) is 4.99 Å². The summed E-state index contributed by atoms with van der Waals surface area (Å²) in [6.07, 6.45) is 6.27. The maximum atomic E-state index is 5.88. The van der Waals surface area contributed by atoms with Crippen molar-refractivity contribution in [2.45, 2.75) is 25.9 Å². The molecule has 1 unspecified atom stereocenters. The van der Waals surface area contributed by atoms with E-state index in [9.17, 15) is 0 Å². The highest BCUT2D eigenvalue weighted by Crippen LogP contribution is 2.25. The molecular formula is C21H22N3O+. The Bertz CT molecular complexity index is 896. The number of aromatic nitrogens is 2. The fourth-order valence-electron chi connectivity index (χ4n) is 3.00. The van der Waals surface area contributed by atoms with Gasteiger partial charge in [-0.2, -0.15) is 0 Å². The van der Waals surface area contributed by atoms with Crippen LogP contribution < -0.4 is 4.57 Å². The third-order valence-corrected chi connectivity index (χ3v) is 4.48. The molecule has 0 spiro atoms. The Labute approximate surface area is 148 Å². The van der Waals surface area contributed by atoms with Crippen LogP contribution in [0.3, 0.4) is 0 Å². The Balaban J connectivity index is 1.61. The molecule has 0 saturated carbocycles. The molecule has 0 radical (unpaired) electrons. The smallest absolute Gasteiger partial charge is 0.249 e. The summed E-state index contributed by atoms with van der Waals surface area (Å²) in [5.41, 5.74) is 3.31. The zero-order valence-electron chi connectivity index (χ0n) is 14.5. The third-order valence-electron chi connectivity index (χ3n) is 4.48. The summed E-state index contributed by atoms with van der Waals surface area (Å²) in [6.45, 7) is 4.94. The normalized spacial score (nSPS) is 16.8. The Morgan fingerprint density at radius 3 is 2.72 bits per heavy atom. The van der Waals surface area contributed by atoms with Crippen molar-refractivity contribution in [3.05, 3.63) is 84.4 Å². The lowest BCUT2D eigenvalue weighted by molar-refractivity contribution is -0.715. The summed E-state index contributed by atoms with van der Waals surface area (Å²) in [7, 11) is 0. The molecule has 1 atom stereocenters. The largest absolute Gasteiger partial charge is 0.475 e. The van der Waals surface area contributed by atoms with Crippen molar-refractivity contribution in [3.8, 4) is 5.69 Å². The number of ether oxygens (including phenoxy) is 1. The summed E-state index contributed by atoms with van der Waals surface area (Å²) >= 11 is 0. The Kier molecular flexibility index (Phi) is 4.10. The van der Waals surface area contributed by atoms with Gasteiger partial charge >= 0.3 is 0 Å². The quantitative estimate of drug-likeness (QED) is 0.667. The monoisotopic (exact) mass is 332 g/mol. The van der Waals surface area contributed by atoms with E-state index in [1.54, 1.807) is 0 Å². The maximum absolute atomic E-state index is 5.88. The first-order valence-corrected chi connectivity index (χ1v) is 8.66. The van der Waals surface area contributed by atoms with Crippen LogP contribution in [0.5, 0.6) is 0 Å². The predicted molar refractivity (Wildman–Crippen MR) is 98.0 cm³/mol. The average molecular weight is 332 g/mol. The van der Waals surface area contributed by atoms with E-state index >= 15 is 0 Å². The van der Waals surface area contributed by atoms with E-state index in [-0.39, 0.29) is 6.04 Å². The van der Waals surface area contributed by atoms with Gasteiger partial charge in [-0.15, -0.1) is 0 Å². The fourth-order valence-corrected chi connectivity index (χ4v) is 3.00. The minimum absolute atomic E-state index is 0.0783. The lowest BCUT2D eigenvalue weighted by Crippen LogP contribution is -2.33. The summed E-state index contributed by atoms with van der Waals surface area (Å²) in [5.74, 6) is 0.722. The molecule has 4 rings (SSSR count). The van der Waals surface area contributed by atoms with E-state index in [1.165, 1.54) is 5.56 Å². The number of hydrogen-bond donors (Lipinski definition) is 0. The molecule has 0 saturated heterocycles. The second kappa shape index (κ2) is 6.55. The highest BCUT2D eigenvalue weighted by Gasteiger charge is 2.22. The van der Waals surface area contributed by atoms with Crippen molar-refractivity contribution in [3.63, 3.8) is 0 Å². The highest BCUT2D eigenvalue weighted by atomic mass is 16.5. The fraction of sp³-hybridized carbons (Fsp3) is 0.238. The van der Waals surface area contributed by atoms with Gasteiger partial charge in [-0.05, 0) is 37.6 Å². The molecule has 1 aromatic heterocycles. The molecule has 2 aromatic carbocycles. The Hall–Kier alpha value is -2.88. The van der Waals surface area contributed by atoms with Crippen molar-refractivity contribution in [1.29, 1.82) is 0 Å². The summed E-state index contributed by atoms with van der Waals surface area (Å²) < 4.78 is 10.2. The Morgan fingerprint density at radius 2 is 1.96 bits per heavy atom. The van der Waals surface area contributed by atoms with Crippen LogP contribution in [0.4, 0.5) is 0 Å². The van der Waals surface area contributed by atoms with Crippen LogP contribution in [0.15, 0.2) is 78.3 Å². The molecule has 4 nitrogen and oxygen atoms in total. The molecule has 4 heteroatoms. The van der Waals surface area contributed by atoms with E-state index in [0.717, 1.165) is 17.1 Å². The number of rotatable bonds is 4. The topological polar surface area (TPSA) is 30.4 Å². The molecule has 0 fully saturated rings. The lowest BCUT2D eigenvalue weighted by atomic mass is 10.1. The van der Waals surface area contributed by atoms with Gasteiger partial charge in [0.15, 0.2) is 0 Å². The second-order valence-electron chi connectivity index (χ2n) is 6.58. The van der Waals surface area contributed by atoms with Crippen molar-refractivity contribution < 1.29 is 9.30 Å². The van der Waals surface area contributed by atoms with Crippen LogP contribution in [-0.2, 0) is 4.74 Å².